The maximum atomic E-state index is 15.2. The molecule has 3 aromatic carbocycles. The van der Waals surface area contributed by atoms with E-state index in [0.717, 1.165) is 36.1 Å². The first-order valence-electron chi connectivity index (χ1n) is 11.5. The van der Waals surface area contributed by atoms with Crippen molar-refractivity contribution in [1.82, 2.24) is 0 Å². The van der Waals surface area contributed by atoms with Gasteiger partial charge in [-0.25, -0.2) is 4.39 Å². The van der Waals surface area contributed by atoms with Gasteiger partial charge in [0.2, 0.25) is 0 Å². The van der Waals surface area contributed by atoms with Crippen molar-refractivity contribution in [2.75, 3.05) is 0 Å². The van der Waals surface area contributed by atoms with Gasteiger partial charge >= 0.3 is 6.36 Å². The molecule has 174 valence electrons. The summed E-state index contributed by atoms with van der Waals surface area (Å²) in [5.74, 6) is 0.800. The lowest BCUT2D eigenvalue weighted by molar-refractivity contribution is -0.274. The molecule has 1 saturated carbocycles. The van der Waals surface area contributed by atoms with Crippen LogP contribution in [0.5, 0.6) is 5.75 Å². The zero-order valence-electron chi connectivity index (χ0n) is 18.5. The van der Waals surface area contributed by atoms with Crippen molar-refractivity contribution >= 4 is 10.8 Å². The zero-order valence-corrected chi connectivity index (χ0v) is 18.5. The normalized spacial score (nSPS) is 18.9. The van der Waals surface area contributed by atoms with Crippen LogP contribution in [0.3, 0.4) is 0 Å². The summed E-state index contributed by atoms with van der Waals surface area (Å²) in [6.07, 6.45) is 4.14. The molecule has 1 fully saturated rings. The summed E-state index contributed by atoms with van der Waals surface area (Å²) in [5.41, 5.74) is 2.72. The predicted molar refractivity (Wildman–Crippen MR) is 124 cm³/mol. The fourth-order valence-corrected chi connectivity index (χ4v) is 4.91. The summed E-state index contributed by atoms with van der Waals surface area (Å²) in [4.78, 5) is 0. The van der Waals surface area contributed by atoms with E-state index in [1.54, 1.807) is 12.1 Å². The first-order valence-corrected chi connectivity index (χ1v) is 11.5. The van der Waals surface area contributed by atoms with Crippen molar-refractivity contribution < 1.29 is 22.3 Å². The van der Waals surface area contributed by atoms with Gasteiger partial charge < -0.3 is 4.74 Å². The van der Waals surface area contributed by atoms with Crippen molar-refractivity contribution in [2.45, 2.75) is 57.2 Å². The van der Waals surface area contributed by atoms with Crippen LogP contribution in [-0.4, -0.2) is 6.36 Å². The molecule has 0 radical (unpaired) electrons. The molecular formula is C28H28F4O. The Bertz CT molecular complexity index is 1090. The van der Waals surface area contributed by atoms with Gasteiger partial charge in [-0.05, 0) is 91.0 Å². The van der Waals surface area contributed by atoms with Crippen molar-refractivity contribution in [3.8, 4) is 5.75 Å². The average Bonchev–Trinajstić information content (AvgIpc) is 2.79. The Kier molecular flexibility index (Phi) is 7.06. The minimum absolute atomic E-state index is 0.217. The lowest BCUT2D eigenvalue weighted by atomic mass is 9.77. The number of alkyl halides is 3. The number of aryl methyl sites for hydroxylation is 2. The summed E-state index contributed by atoms with van der Waals surface area (Å²) in [6, 6.07) is 15.6. The van der Waals surface area contributed by atoms with Crippen LogP contribution in [0.15, 0.2) is 67.3 Å². The summed E-state index contributed by atoms with van der Waals surface area (Å²) < 4.78 is 55.9. The molecular weight excluding hydrogens is 428 g/mol. The van der Waals surface area contributed by atoms with E-state index in [9.17, 15) is 13.2 Å². The molecule has 1 aliphatic rings. The number of rotatable bonds is 7. The molecule has 33 heavy (non-hydrogen) atoms. The van der Waals surface area contributed by atoms with Gasteiger partial charge in [-0.1, -0.05) is 48.5 Å². The van der Waals surface area contributed by atoms with Gasteiger partial charge in [-0.3, -0.25) is 0 Å². The summed E-state index contributed by atoms with van der Waals surface area (Å²) >= 11 is 0. The fraction of sp³-hybridized carbons (Fsp3) is 0.357. The highest BCUT2D eigenvalue weighted by molar-refractivity contribution is 5.84. The van der Waals surface area contributed by atoms with E-state index >= 15 is 4.39 Å². The van der Waals surface area contributed by atoms with Crippen LogP contribution >= 0.6 is 0 Å². The lowest BCUT2D eigenvalue weighted by Gasteiger charge is -2.28. The Labute approximate surface area is 192 Å². The monoisotopic (exact) mass is 456 g/mol. The Morgan fingerprint density at radius 1 is 0.909 bits per heavy atom. The third kappa shape index (κ3) is 5.95. The summed E-state index contributed by atoms with van der Waals surface area (Å²) in [5, 5.41) is 1.53. The summed E-state index contributed by atoms with van der Waals surface area (Å²) in [7, 11) is 0. The quantitative estimate of drug-likeness (QED) is 0.256. The van der Waals surface area contributed by atoms with Crippen LogP contribution in [0, 0.1) is 11.7 Å². The Morgan fingerprint density at radius 3 is 2.30 bits per heavy atom. The first-order chi connectivity index (χ1) is 15.8. The molecule has 0 aliphatic heterocycles. The number of halogens is 4. The Hall–Kier alpha value is -2.82. The molecule has 0 amide bonds. The smallest absolute Gasteiger partial charge is 0.406 e. The highest BCUT2D eigenvalue weighted by Crippen LogP contribution is 2.38. The highest BCUT2D eigenvalue weighted by atomic mass is 19.4. The van der Waals surface area contributed by atoms with Gasteiger partial charge in [-0.2, -0.15) is 0 Å². The molecule has 0 aromatic heterocycles. The SMILES string of the molecule is C=CCC1CCC(c2ccc3c(F)c(CCc4ccc(OC(F)(F)F)cc4)ccc3c2)CC1. The lowest BCUT2D eigenvalue weighted by Crippen LogP contribution is -2.17. The number of fused-ring (bicyclic) bond motifs is 1. The summed E-state index contributed by atoms with van der Waals surface area (Å²) in [6.45, 7) is 3.85. The number of hydrogen-bond donors (Lipinski definition) is 0. The average molecular weight is 457 g/mol. The highest BCUT2D eigenvalue weighted by Gasteiger charge is 2.31. The van der Waals surface area contributed by atoms with Gasteiger partial charge in [0.1, 0.15) is 11.6 Å². The maximum absolute atomic E-state index is 15.2. The van der Waals surface area contributed by atoms with Gasteiger partial charge in [0, 0.05) is 5.39 Å². The van der Waals surface area contributed by atoms with E-state index < -0.39 is 6.36 Å². The molecule has 0 heterocycles. The van der Waals surface area contributed by atoms with Crippen LogP contribution in [0.4, 0.5) is 17.6 Å². The second kappa shape index (κ2) is 9.98. The number of ether oxygens (including phenoxy) is 1. The molecule has 0 spiro atoms. The van der Waals surface area contributed by atoms with Crippen molar-refractivity contribution in [1.29, 1.82) is 0 Å². The second-order valence-corrected chi connectivity index (χ2v) is 8.95. The van der Waals surface area contributed by atoms with E-state index in [4.69, 9.17) is 0 Å². The predicted octanol–water partition coefficient (Wildman–Crippen LogP) is 8.51. The minimum atomic E-state index is -4.71. The van der Waals surface area contributed by atoms with Crippen LogP contribution in [-0.2, 0) is 12.8 Å². The van der Waals surface area contributed by atoms with Gasteiger partial charge in [-0.15, -0.1) is 19.8 Å². The van der Waals surface area contributed by atoms with E-state index in [-0.39, 0.29) is 11.6 Å². The second-order valence-electron chi connectivity index (χ2n) is 8.95. The van der Waals surface area contributed by atoms with E-state index in [0.29, 0.717) is 29.7 Å². The minimum Gasteiger partial charge on any atom is -0.406 e. The van der Waals surface area contributed by atoms with Crippen molar-refractivity contribution in [2.24, 2.45) is 5.92 Å². The van der Waals surface area contributed by atoms with Gasteiger partial charge in [0.25, 0.3) is 0 Å². The molecule has 1 aliphatic carbocycles. The number of hydrogen-bond acceptors (Lipinski definition) is 1. The van der Waals surface area contributed by atoms with Crippen molar-refractivity contribution in [3.05, 3.63) is 89.8 Å². The molecule has 1 nitrogen and oxygen atoms in total. The Balaban J connectivity index is 1.42. The fourth-order valence-electron chi connectivity index (χ4n) is 4.91. The molecule has 5 heteroatoms. The third-order valence-electron chi connectivity index (χ3n) is 6.72. The van der Waals surface area contributed by atoms with E-state index in [1.807, 2.05) is 24.3 Å². The Morgan fingerprint density at radius 2 is 1.64 bits per heavy atom. The van der Waals surface area contributed by atoms with Gasteiger partial charge in [0.15, 0.2) is 0 Å². The first kappa shape index (κ1) is 23.3. The molecule has 0 atom stereocenters. The number of allylic oxidation sites excluding steroid dienone is 1. The topological polar surface area (TPSA) is 9.23 Å². The van der Waals surface area contributed by atoms with E-state index in [1.165, 1.54) is 30.5 Å². The molecule has 0 unspecified atom stereocenters. The molecule has 0 bridgehead atoms. The largest absolute Gasteiger partial charge is 0.573 e. The van der Waals surface area contributed by atoms with Crippen LogP contribution in [0.2, 0.25) is 0 Å². The molecule has 3 aromatic rings. The van der Waals surface area contributed by atoms with Crippen molar-refractivity contribution in [3.63, 3.8) is 0 Å². The van der Waals surface area contributed by atoms with Crippen LogP contribution in [0.25, 0.3) is 10.8 Å². The van der Waals surface area contributed by atoms with Gasteiger partial charge in [0.05, 0.1) is 0 Å². The van der Waals surface area contributed by atoms with E-state index in [2.05, 4.69) is 23.4 Å². The zero-order chi connectivity index (χ0) is 23.4. The molecule has 4 rings (SSSR count). The van der Waals surface area contributed by atoms with Crippen LogP contribution < -0.4 is 4.74 Å². The maximum Gasteiger partial charge on any atom is 0.573 e. The molecule has 0 saturated heterocycles. The molecule has 0 N–H and O–H groups in total. The van der Waals surface area contributed by atoms with Crippen LogP contribution in [0.1, 0.15) is 54.7 Å². The third-order valence-corrected chi connectivity index (χ3v) is 6.72. The number of benzene rings is 3. The standard InChI is InChI=1S/C28H28F4O/c1-2-3-19-4-9-21(10-5-19)23-14-17-26-24(18-23)13-12-22(27(26)29)11-6-20-7-15-25(16-8-20)33-28(30,31)32/h2,7-8,12-19,21H,1,3-6,9-11H2.